The van der Waals surface area contributed by atoms with E-state index in [2.05, 4.69) is 11.2 Å². The molecule has 2 atom stereocenters. The zero-order valence-corrected chi connectivity index (χ0v) is 10.7. The van der Waals surface area contributed by atoms with E-state index in [-0.39, 0.29) is 18.4 Å². The second-order valence-electron chi connectivity index (χ2n) is 4.37. The van der Waals surface area contributed by atoms with Crippen molar-refractivity contribution in [1.29, 1.82) is 0 Å². The maximum Gasteiger partial charge on any atom is 0.237 e. The van der Waals surface area contributed by atoms with Crippen LogP contribution >= 0.6 is 0 Å². The summed E-state index contributed by atoms with van der Waals surface area (Å²) in [5.41, 5.74) is 5.55. The van der Waals surface area contributed by atoms with Crippen molar-refractivity contribution in [2.24, 2.45) is 5.73 Å². The summed E-state index contributed by atoms with van der Waals surface area (Å²) in [6.07, 6.45) is 8.57. The molecule has 0 radical (unpaired) electrons. The average Bonchev–Trinajstić information content (AvgIpc) is 2.86. The van der Waals surface area contributed by atoms with E-state index in [1.165, 1.54) is 0 Å². The van der Waals surface area contributed by atoms with Crippen LogP contribution in [-0.4, -0.2) is 44.4 Å². The fourth-order valence-electron chi connectivity index (χ4n) is 1.73. The van der Waals surface area contributed by atoms with Crippen LogP contribution in [0.25, 0.3) is 0 Å². The smallest absolute Gasteiger partial charge is 0.237 e. The predicted octanol–water partition coefficient (Wildman–Crippen LogP) is 0.0389. The van der Waals surface area contributed by atoms with Gasteiger partial charge in [-0.3, -0.25) is 4.79 Å². The lowest BCUT2D eigenvalue weighted by atomic mass is 10.2. The lowest BCUT2D eigenvalue weighted by molar-refractivity contribution is -0.122. The van der Waals surface area contributed by atoms with Crippen LogP contribution in [-0.2, 0) is 14.3 Å². The first-order valence-electron chi connectivity index (χ1n) is 6.40. The fraction of sp³-hybridized carbons (Fsp3) is 0.769. The summed E-state index contributed by atoms with van der Waals surface area (Å²) in [7, 11) is 0. The molecule has 0 aromatic carbocycles. The maximum atomic E-state index is 11.4. The zero-order valence-electron chi connectivity index (χ0n) is 10.7. The van der Waals surface area contributed by atoms with Crippen LogP contribution in [0, 0.1) is 12.3 Å². The molecule has 18 heavy (non-hydrogen) atoms. The fourth-order valence-corrected chi connectivity index (χ4v) is 1.73. The highest BCUT2D eigenvalue weighted by atomic mass is 16.5. The molecule has 0 saturated carbocycles. The van der Waals surface area contributed by atoms with Crippen molar-refractivity contribution < 1.29 is 14.3 Å². The number of carbonyl (C=O) groups excluding carboxylic acids is 1. The van der Waals surface area contributed by atoms with E-state index in [4.69, 9.17) is 21.6 Å². The van der Waals surface area contributed by atoms with Crippen LogP contribution in [0.15, 0.2) is 0 Å². The Labute approximate surface area is 108 Å². The van der Waals surface area contributed by atoms with Gasteiger partial charge in [0, 0.05) is 26.2 Å². The molecular weight excluding hydrogens is 232 g/mol. The van der Waals surface area contributed by atoms with Gasteiger partial charge in [0.25, 0.3) is 0 Å². The molecule has 1 aliphatic heterocycles. The number of nitrogens with one attached hydrogen (secondary N) is 1. The second-order valence-corrected chi connectivity index (χ2v) is 4.37. The molecule has 0 aromatic heterocycles. The third-order valence-corrected chi connectivity index (χ3v) is 2.77. The summed E-state index contributed by atoms with van der Waals surface area (Å²) in [5, 5.41) is 2.72. The quantitative estimate of drug-likeness (QED) is 0.474. The van der Waals surface area contributed by atoms with Gasteiger partial charge >= 0.3 is 0 Å². The number of hydrogen-bond acceptors (Lipinski definition) is 4. The SMILES string of the molecule is C#CCC(N)C(=O)NCCCOCC1CCCO1. The molecule has 1 saturated heterocycles. The molecule has 5 nitrogen and oxygen atoms in total. The van der Waals surface area contributed by atoms with Gasteiger partial charge in [0.2, 0.25) is 5.91 Å². The topological polar surface area (TPSA) is 73.6 Å². The highest BCUT2D eigenvalue weighted by Crippen LogP contribution is 2.11. The van der Waals surface area contributed by atoms with Gasteiger partial charge in [0.15, 0.2) is 0 Å². The van der Waals surface area contributed by atoms with E-state index in [0.717, 1.165) is 25.9 Å². The van der Waals surface area contributed by atoms with E-state index >= 15 is 0 Å². The molecule has 3 N–H and O–H groups in total. The summed E-state index contributed by atoms with van der Waals surface area (Å²) in [6, 6.07) is -0.609. The third-order valence-electron chi connectivity index (χ3n) is 2.77. The average molecular weight is 254 g/mol. The van der Waals surface area contributed by atoms with Gasteiger partial charge in [0.05, 0.1) is 18.8 Å². The Bertz CT molecular complexity index is 282. The molecule has 0 aliphatic carbocycles. The molecule has 1 rings (SSSR count). The molecule has 1 fully saturated rings. The Balaban J connectivity index is 1.91. The first kappa shape index (κ1) is 15.0. The van der Waals surface area contributed by atoms with E-state index in [9.17, 15) is 4.79 Å². The van der Waals surface area contributed by atoms with Crippen LogP contribution in [0.4, 0.5) is 0 Å². The molecule has 5 heteroatoms. The normalized spacial score (nSPS) is 20.3. The second kappa shape index (κ2) is 8.92. The Morgan fingerprint density at radius 2 is 2.50 bits per heavy atom. The van der Waals surface area contributed by atoms with Gasteiger partial charge in [0.1, 0.15) is 0 Å². The summed E-state index contributed by atoms with van der Waals surface area (Å²) >= 11 is 0. The number of amides is 1. The lowest BCUT2D eigenvalue weighted by Crippen LogP contribution is -2.40. The van der Waals surface area contributed by atoms with Crippen LogP contribution in [0.2, 0.25) is 0 Å². The van der Waals surface area contributed by atoms with E-state index in [1.807, 2.05) is 0 Å². The van der Waals surface area contributed by atoms with Gasteiger partial charge in [-0.2, -0.15) is 0 Å². The highest BCUT2D eigenvalue weighted by molar-refractivity contribution is 5.81. The largest absolute Gasteiger partial charge is 0.379 e. The van der Waals surface area contributed by atoms with Gasteiger partial charge in [-0.05, 0) is 19.3 Å². The Morgan fingerprint density at radius 3 is 3.17 bits per heavy atom. The summed E-state index contributed by atoms with van der Waals surface area (Å²) < 4.78 is 10.9. The maximum absolute atomic E-state index is 11.4. The van der Waals surface area contributed by atoms with Crippen LogP contribution in [0.5, 0.6) is 0 Å². The van der Waals surface area contributed by atoms with Crippen molar-refractivity contribution in [1.82, 2.24) is 5.32 Å². The monoisotopic (exact) mass is 254 g/mol. The molecule has 1 amide bonds. The van der Waals surface area contributed by atoms with Crippen LogP contribution in [0.1, 0.15) is 25.7 Å². The van der Waals surface area contributed by atoms with Crippen molar-refractivity contribution in [2.45, 2.75) is 37.8 Å². The molecule has 0 spiro atoms. The van der Waals surface area contributed by atoms with Crippen molar-refractivity contribution in [3.8, 4) is 12.3 Å². The van der Waals surface area contributed by atoms with Gasteiger partial charge in [-0.1, -0.05) is 0 Å². The Kier molecular flexibility index (Phi) is 7.42. The molecule has 1 heterocycles. The molecule has 0 aromatic rings. The standard InChI is InChI=1S/C13H22N2O3/c1-2-5-12(14)13(16)15-7-4-8-17-10-11-6-3-9-18-11/h1,11-12H,3-10,14H2,(H,15,16). The summed E-state index contributed by atoms with van der Waals surface area (Å²) in [5.74, 6) is 2.16. The lowest BCUT2D eigenvalue weighted by Gasteiger charge is -2.11. The Hall–Kier alpha value is -1.09. The van der Waals surface area contributed by atoms with Gasteiger partial charge in [-0.15, -0.1) is 12.3 Å². The minimum absolute atomic E-state index is 0.202. The number of hydrogen-bond donors (Lipinski definition) is 2. The number of carbonyl (C=O) groups is 1. The van der Waals surface area contributed by atoms with Crippen molar-refractivity contribution in [3.05, 3.63) is 0 Å². The molecule has 1 aliphatic rings. The number of rotatable bonds is 8. The summed E-state index contributed by atoms with van der Waals surface area (Å²) in [4.78, 5) is 11.4. The van der Waals surface area contributed by atoms with Crippen molar-refractivity contribution >= 4 is 5.91 Å². The first-order valence-corrected chi connectivity index (χ1v) is 6.40. The predicted molar refractivity (Wildman–Crippen MR) is 68.8 cm³/mol. The van der Waals surface area contributed by atoms with E-state index in [0.29, 0.717) is 19.8 Å². The molecule has 0 bridgehead atoms. The highest BCUT2D eigenvalue weighted by Gasteiger charge is 2.15. The number of terminal acetylenes is 1. The van der Waals surface area contributed by atoms with Crippen molar-refractivity contribution in [2.75, 3.05) is 26.4 Å². The minimum atomic E-state index is -0.609. The van der Waals surface area contributed by atoms with Gasteiger partial charge in [-0.25, -0.2) is 0 Å². The number of nitrogens with two attached hydrogens (primary N) is 1. The van der Waals surface area contributed by atoms with Crippen LogP contribution < -0.4 is 11.1 Å². The van der Waals surface area contributed by atoms with E-state index in [1.54, 1.807) is 0 Å². The third kappa shape index (κ3) is 6.01. The van der Waals surface area contributed by atoms with E-state index < -0.39 is 6.04 Å². The Morgan fingerprint density at radius 1 is 1.67 bits per heavy atom. The number of ether oxygens (including phenoxy) is 2. The molecular formula is C13H22N2O3. The molecule has 102 valence electrons. The minimum Gasteiger partial charge on any atom is -0.379 e. The zero-order chi connectivity index (χ0) is 13.2. The van der Waals surface area contributed by atoms with Crippen molar-refractivity contribution in [3.63, 3.8) is 0 Å². The first-order chi connectivity index (χ1) is 8.74. The van der Waals surface area contributed by atoms with Gasteiger partial charge < -0.3 is 20.5 Å². The summed E-state index contributed by atoms with van der Waals surface area (Å²) in [6.45, 7) is 2.66. The van der Waals surface area contributed by atoms with Crippen LogP contribution in [0.3, 0.4) is 0 Å². The molecule has 2 unspecified atom stereocenters.